The monoisotopic (exact) mass is 778 g/mol. The number of esters is 2. The number of fused-ring (bicyclic) bond motifs is 1. The Morgan fingerprint density at radius 1 is 0.907 bits per heavy atom. The van der Waals surface area contributed by atoms with Crippen molar-refractivity contribution >= 4 is 42.9 Å². The van der Waals surface area contributed by atoms with Crippen molar-refractivity contribution in [1.82, 2.24) is 10.2 Å². The summed E-state index contributed by atoms with van der Waals surface area (Å²) < 4.78 is 34.3. The molecule has 3 rings (SSSR count). The molecule has 304 valence electrons. The Labute approximate surface area is 320 Å². The quantitative estimate of drug-likeness (QED) is 0.0352. The number of rotatable bonds is 29. The van der Waals surface area contributed by atoms with E-state index in [0.717, 1.165) is 19.3 Å². The van der Waals surface area contributed by atoms with Gasteiger partial charge in [-0.2, -0.15) is 0 Å². The molecule has 2 unspecified atom stereocenters. The van der Waals surface area contributed by atoms with E-state index in [1.54, 1.807) is 18.2 Å². The summed E-state index contributed by atoms with van der Waals surface area (Å²) in [6.07, 6.45) is 16.6. The Kier molecular flexibility index (Phi) is 20.8. The van der Waals surface area contributed by atoms with Crippen LogP contribution in [-0.4, -0.2) is 86.3 Å². The second kappa shape index (κ2) is 25.0. The molecule has 2 aliphatic rings. The Bertz CT molecular complexity index is 1410. The number of amides is 3. The van der Waals surface area contributed by atoms with Gasteiger partial charge in [0, 0.05) is 56.0 Å². The molecule has 3 amide bonds. The molecule has 1 aromatic rings. The zero-order valence-corrected chi connectivity index (χ0v) is 33.3. The number of benzene rings is 1. The van der Waals surface area contributed by atoms with E-state index in [0.29, 0.717) is 23.2 Å². The molecule has 0 radical (unpaired) electrons. The highest BCUT2D eigenvalue weighted by molar-refractivity contribution is 7.52. The van der Waals surface area contributed by atoms with Crippen LogP contribution in [0.25, 0.3) is 0 Å². The normalized spacial score (nSPS) is 17.1. The van der Waals surface area contributed by atoms with Crippen molar-refractivity contribution in [1.29, 1.82) is 0 Å². The highest BCUT2D eigenvalue weighted by Gasteiger charge is 2.39. The number of imide groups is 1. The Morgan fingerprint density at radius 3 is 2.19 bits per heavy atom. The predicted octanol–water partition coefficient (Wildman–Crippen LogP) is 6.39. The minimum absolute atomic E-state index is 0.0259. The lowest BCUT2D eigenvalue weighted by molar-refractivity contribution is -0.160. The van der Waals surface area contributed by atoms with Crippen molar-refractivity contribution in [3.8, 4) is 0 Å². The molecule has 0 aromatic heterocycles. The summed E-state index contributed by atoms with van der Waals surface area (Å²) in [5.41, 5.74) is 7.21. The molecular weight excluding hydrogens is 715 g/mol. The maximum absolute atomic E-state index is 13.1. The average molecular weight is 779 g/mol. The molecule has 14 nitrogen and oxygen atoms in total. The fourth-order valence-corrected chi connectivity index (χ4v) is 7.56. The zero-order chi connectivity index (χ0) is 39.2. The molecule has 1 aromatic carbocycles. The second-order valence-electron chi connectivity index (χ2n) is 14.2. The van der Waals surface area contributed by atoms with E-state index in [9.17, 15) is 28.5 Å². The SMILES string of the molecule is CCCCCCCCCCCCCCCCC(=O)OCC(COP(C)(=O)OCCN)OC(=O)CCNc1cccc2c1CN([C@@H]1CCC(=O)NC1=O)C2=O. The van der Waals surface area contributed by atoms with Gasteiger partial charge in [0.1, 0.15) is 12.6 Å². The second-order valence-corrected chi connectivity index (χ2v) is 16.3. The number of carbonyl (C=O) groups excluding carboxylic acids is 5. The van der Waals surface area contributed by atoms with Crippen LogP contribution in [0.3, 0.4) is 0 Å². The molecule has 0 spiro atoms. The Hall–Kier alpha value is -3.32. The highest BCUT2D eigenvalue weighted by Crippen LogP contribution is 2.43. The molecule has 1 fully saturated rings. The van der Waals surface area contributed by atoms with Gasteiger partial charge in [0.05, 0.1) is 19.6 Å². The van der Waals surface area contributed by atoms with E-state index < -0.39 is 37.6 Å². The van der Waals surface area contributed by atoms with Gasteiger partial charge in [-0.15, -0.1) is 0 Å². The number of unbranched alkanes of at least 4 members (excludes halogenated alkanes) is 13. The van der Waals surface area contributed by atoms with Crippen molar-refractivity contribution in [3.63, 3.8) is 0 Å². The molecule has 54 heavy (non-hydrogen) atoms. The van der Waals surface area contributed by atoms with Gasteiger partial charge in [-0.3, -0.25) is 33.9 Å². The molecule has 1 saturated heterocycles. The molecular formula is C39H63N4O10P. The first-order valence-corrected chi connectivity index (χ1v) is 22.0. The molecule has 0 bridgehead atoms. The number of nitrogens with zero attached hydrogens (tertiary/aromatic N) is 1. The third-order valence-corrected chi connectivity index (χ3v) is 10.9. The van der Waals surface area contributed by atoms with Crippen molar-refractivity contribution in [2.24, 2.45) is 5.73 Å². The molecule has 15 heteroatoms. The lowest BCUT2D eigenvalue weighted by Gasteiger charge is -2.29. The highest BCUT2D eigenvalue weighted by atomic mass is 31.2. The largest absolute Gasteiger partial charge is 0.462 e. The number of hydrogen-bond acceptors (Lipinski definition) is 12. The van der Waals surface area contributed by atoms with Gasteiger partial charge < -0.3 is 34.5 Å². The standard InChI is InChI=1S/C39H63N4O10P/c1-3-4-5-6-7-8-9-10-11-12-13-14-15-16-20-36(45)50-28-30(29-52-54(2,49)51-26-24-40)53-37(46)23-25-41-33-19-17-18-31-32(33)27-43(39(31)48)34-21-22-35(44)42-38(34)47/h17-19,30,34,41H,3-16,20-29,40H2,1-2H3,(H,42,44,47)/t30?,34-,54?/m1/s1. The average Bonchev–Trinajstić information content (AvgIpc) is 3.48. The summed E-state index contributed by atoms with van der Waals surface area (Å²) in [7, 11) is -3.49. The number of piperidine rings is 1. The zero-order valence-electron chi connectivity index (χ0n) is 32.4. The fraction of sp³-hybridized carbons (Fsp3) is 0.718. The van der Waals surface area contributed by atoms with Crippen molar-refractivity contribution < 1.29 is 47.1 Å². The van der Waals surface area contributed by atoms with Gasteiger partial charge >= 0.3 is 19.5 Å². The molecule has 0 saturated carbocycles. The van der Waals surface area contributed by atoms with Gasteiger partial charge in [-0.05, 0) is 25.0 Å². The van der Waals surface area contributed by atoms with Gasteiger partial charge in [0.15, 0.2) is 6.10 Å². The summed E-state index contributed by atoms with van der Waals surface area (Å²) >= 11 is 0. The Morgan fingerprint density at radius 2 is 1.56 bits per heavy atom. The maximum atomic E-state index is 13.1. The summed E-state index contributed by atoms with van der Waals surface area (Å²) in [6.45, 7) is 3.47. The third kappa shape index (κ3) is 16.6. The number of hydrogen-bond donors (Lipinski definition) is 3. The Balaban J connectivity index is 1.39. The van der Waals surface area contributed by atoms with E-state index >= 15 is 0 Å². The van der Waals surface area contributed by atoms with Gasteiger partial charge in [-0.25, -0.2) is 0 Å². The molecule has 4 N–H and O–H groups in total. The van der Waals surface area contributed by atoms with Crippen LogP contribution >= 0.6 is 7.60 Å². The van der Waals surface area contributed by atoms with Crippen LogP contribution in [0.5, 0.6) is 0 Å². The number of nitrogens with one attached hydrogen (secondary N) is 2. The third-order valence-electron chi connectivity index (χ3n) is 9.63. The predicted molar refractivity (Wildman–Crippen MR) is 206 cm³/mol. The number of nitrogens with two attached hydrogens (primary N) is 1. The van der Waals surface area contributed by atoms with E-state index in [1.165, 1.54) is 75.8 Å². The van der Waals surface area contributed by atoms with Crippen LogP contribution in [0.2, 0.25) is 0 Å². The first-order valence-electron chi connectivity index (χ1n) is 20.0. The van der Waals surface area contributed by atoms with E-state index in [2.05, 4.69) is 17.6 Å². The van der Waals surface area contributed by atoms with Gasteiger partial charge in [0.2, 0.25) is 11.8 Å². The number of carbonyl (C=O) groups is 5. The van der Waals surface area contributed by atoms with E-state index in [4.69, 9.17) is 24.3 Å². The van der Waals surface area contributed by atoms with Crippen LogP contribution in [0.1, 0.15) is 138 Å². The van der Waals surface area contributed by atoms with Gasteiger partial charge in [-0.1, -0.05) is 96.5 Å². The number of anilines is 1. The topological polar surface area (TPSA) is 193 Å². The van der Waals surface area contributed by atoms with E-state index in [1.807, 2.05) is 0 Å². The maximum Gasteiger partial charge on any atom is 0.327 e. The fourth-order valence-electron chi connectivity index (χ4n) is 6.61. The minimum atomic E-state index is -3.49. The van der Waals surface area contributed by atoms with Crippen LogP contribution in [0.15, 0.2) is 18.2 Å². The lowest BCUT2D eigenvalue weighted by atomic mass is 10.0. The number of ether oxygens (including phenoxy) is 2. The van der Waals surface area contributed by atoms with E-state index in [-0.39, 0.29) is 77.0 Å². The van der Waals surface area contributed by atoms with Crippen LogP contribution in [-0.2, 0) is 48.8 Å². The smallest absolute Gasteiger partial charge is 0.327 e. The summed E-state index contributed by atoms with van der Waals surface area (Å²) in [5, 5.41) is 5.47. The molecule has 3 atom stereocenters. The summed E-state index contributed by atoms with van der Waals surface area (Å²) in [6, 6.07) is 4.43. The minimum Gasteiger partial charge on any atom is -0.462 e. The first kappa shape index (κ1) is 45.1. The van der Waals surface area contributed by atoms with Crippen LogP contribution in [0, 0.1) is 0 Å². The summed E-state index contributed by atoms with van der Waals surface area (Å²) in [5.74, 6) is -2.16. The van der Waals surface area contributed by atoms with Crippen LogP contribution < -0.4 is 16.4 Å². The van der Waals surface area contributed by atoms with Gasteiger partial charge in [0.25, 0.3) is 5.91 Å². The van der Waals surface area contributed by atoms with Crippen LogP contribution in [0.4, 0.5) is 5.69 Å². The van der Waals surface area contributed by atoms with Crippen molar-refractivity contribution in [2.75, 3.05) is 44.9 Å². The lowest BCUT2D eigenvalue weighted by Crippen LogP contribution is -2.52. The first-order chi connectivity index (χ1) is 26.0. The summed E-state index contributed by atoms with van der Waals surface area (Å²) in [4.78, 5) is 64.0. The molecule has 2 aliphatic heterocycles. The molecule has 2 heterocycles. The van der Waals surface area contributed by atoms with Crippen molar-refractivity contribution in [3.05, 3.63) is 29.3 Å². The van der Waals surface area contributed by atoms with Crippen molar-refractivity contribution in [2.45, 2.75) is 141 Å². The molecule has 0 aliphatic carbocycles.